The van der Waals surface area contributed by atoms with Gasteiger partial charge < -0.3 is 10.2 Å². The molecular formula is C24H31N3O4S. The highest BCUT2D eigenvalue weighted by Crippen LogP contribution is 2.24. The quantitative estimate of drug-likeness (QED) is 0.662. The van der Waals surface area contributed by atoms with Crippen LogP contribution >= 0.6 is 0 Å². The Labute approximate surface area is 190 Å². The van der Waals surface area contributed by atoms with Crippen molar-refractivity contribution >= 4 is 27.5 Å². The molecule has 3 rings (SSSR count). The molecule has 0 aromatic heterocycles. The van der Waals surface area contributed by atoms with Crippen LogP contribution in [0.1, 0.15) is 62.4 Å². The van der Waals surface area contributed by atoms with E-state index in [2.05, 4.69) is 10.0 Å². The molecule has 0 spiro atoms. The van der Waals surface area contributed by atoms with Crippen molar-refractivity contribution < 1.29 is 18.0 Å². The number of hydrogen-bond donors (Lipinski definition) is 2. The molecular weight excluding hydrogens is 426 g/mol. The molecule has 0 bridgehead atoms. The lowest BCUT2D eigenvalue weighted by atomic mass is 10.0. The van der Waals surface area contributed by atoms with E-state index in [1.165, 1.54) is 6.07 Å². The van der Waals surface area contributed by atoms with E-state index in [1.54, 1.807) is 47.4 Å². The van der Waals surface area contributed by atoms with E-state index in [9.17, 15) is 18.0 Å². The molecule has 0 aliphatic carbocycles. The van der Waals surface area contributed by atoms with E-state index >= 15 is 0 Å². The van der Waals surface area contributed by atoms with Crippen LogP contribution in [0.4, 0.5) is 5.69 Å². The zero-order valence-corrected chi connectivity index (χ0v) is 19.8. The molecule has 0 radical (unpaired) electrons. The lowest BCUT2D eigenvalue weighted by Gasteiger charge is -2.25. The molecule has 2 aromatic rings. The molecule has 2 amide bonds. The molecule has 7 nitrogen and oxygen atoms in total. The minimum atomic E-state index is -3.79. The fraction of sp³-hybridized carbons (Fsp3) is 0.417. The highest BCUT2D eigenvalue weighted by molar-refractivity contribution is 7.92. The third-order valence-corrected chi connectivity index (χ3v) is 6.86. The van der Waals surface area contributed by atoms with Crippen molar-refractivity contribution in [1.82, 2.24) is 10.2 Å². The first-order valence-corrected chi connectivity index (χ1v) is 12.4. The van der Waals surface area contributed by atoms with Gasteiger partial charge in [0.1, 0.15) is 6.04 Å². The first-order chi connectivity index (χ1) is 15.1. The molecule has 1 unspecified atom stereocenters. The van der Waals surface area contributed by atoms with Gasteiger partial charge in [-0.1, -0.05) is 32.0 Å². The molecule has 1 heterocycles. The second-order valence-corrected chi connectivity index (χ2v) is 10.4. The van der Waals surface area contributed by atoms with Crippen LogP contribution in [-0.2, 0) is 14.8 Å². The Morgan fingerprint density at radius 2 is 1.72 bits per heavy atom. The highest BCUT2D eigenvalue weighted by Gasteiger charge is 2.34. The summed E-state index contributed by atoms with van der Waals surface area (Å²) in [5, 5.41) is 2.87. The van der Waals surface area contributed by atoms with Crippen LogP contribution in [0.5, 0.6) is 0 Å². The third-order valence-electron chi connectivity index (χ3n) is 5.47. The topological polar surface area (TPSA) is 95.6 Å². The predicted octanol–water partition coefficient (Wildman–Crippen LogP) is 3.74. The summed E-state index contributed by atoms with van der Waals surface area (Å²) in [6.07, 6.45) is 1.36. The molecule has 1 aliphatic heterocycles. The van der Waals surface area contributed by atoms with Crippen LogP contribution < -0.4 is 10.0 Å². The largest absolute Gasteiger partial charge is 0.352 e. The van der Waals surface area contributed by atoms with Gasteiger partial charge in [-0.2, -0.15) is 0 Å². The minimum absolute atomic E-state index is 0.00705. The maximum absolute atomic E-state index is 13.1. The van der Waals surface area contributed by atoms with Gasteiger partial charge in [0.05, 0.1) is 4.90 Å². The smallest absolute Gasteiger partial charge is 0.261 e. The number of nitrogens with zero attached hydrogens (tertiary/aromatic N) is 1. The average molecular weight is 458 g/mol. The second kappa shape index (κ2) is 9.73. The number of rotatable bonds is 7. The van der Waals surface area contributed by atoms with Crippen LogP contribution in [-0.4, -0.2) is 43.8 Å². The summed E-state index contributed by atoms with van der Waals surface area (Å²) < 4.78 is 28.2. The molecule has 0 saturated carbocycles. The van der Waals surface area contributed by atoms with Crippen LogP contribution in [0.2, 0.25) is 0 Å². The van der Waals surface area contributed by atoms with Gasteiger partial charge in [-0.25, -0.2) is 8.42 Å². The fourth-order valence-electron chi connectivity index (χ4n) is 3.79. The Morgan fingerprint density at radius 1 is 1.03 bits per heavy atom. The minimum Gasteiger partial charge on any atom is -0.352 e. The number of sulfonamides is 1. The molecule has 2 aromatic carbocycles. The summed E-state index contributed by atoms with van der Waals surface area (Å²) in [6, 6.07) is 12.6. The Kier molecular flexibility index (Phi) is 7.23. The number of amides is 2. The summed E-state index contributed by atoms with van der Waals surface area (Å²) in [5.74, 6) is -0.138. The standard InChI is InChI=1S/C24H31N3O4S/c1-16(2)18-10-12-21(13-11-18)32(30,31)26-20-8-5-7-19(15-20)24(29)27-14-6-9-22(27)23(28)25-17(3)4/h5,7-8,10-13,15-17,22,26H,6,9,14H2,1-4H3,(H,25,28). The maximum Gasteiger partial charge on any atom is 0.261 e. The first-order valence-electron chi connectivity index (χ1n) is 10.9. The normalized spacial score (nSPS) is 16.4. The lowest BCUT2D eigenvalue weighted by Crippen LogP contribution is -2.47. The van der Waals surface area contributed by atoms with Crippen molar-refractivity contribution in [1.29, 1.82) is 0 Å². The Bertz CT molecular complexity index is 1080. The van der Waals surface area contributed by atoms with E-state index in [-0.39, 0.29) is 22.8 Å². The molecule has 1 saturated heterocycles. The van der Waals surface area contributed by atoms with Crippen molar-refractivity contribution in [2.75, 3.05) is 11.3 Å². The monoisotopic (exact) mass is 457 g/mol. The number of benzene rings is 2. The first kappa shape index (κ1) is 23.8. The van der Waals surface area contributed by atoms with Crippen molar-refractivity contribution in [2.45, 2.75) is 63.4 Å². The van der Waals surface area contributed by atoms with E-state index in [4.69, 9.17) is 0 Å². The molecule has 32 heavy (non-hydrogen) atoms. The van der Waals surface area contributed by atoms with E-state index in [1.807, 2.05) is 27.7 Å². The summed E-state index contributed by atoms with van der Waals surface area (Å²) in [7, 11) is -3.79. The molecule has 2 N–H and O–H groups in total. The van der Waals surface area contributed by atoms with Crippen molar-refractivity contribution in [3.05, 3.63) is 59.7 Å². The predicted molar refractivity (Wildman–Crippen MR) is 125 cm³/mol. The van der Waals surface area contributed by atoms with Crippen LogP contribution in [0.3, 0.4) is 0 Å². The zero-order chi connectivity index (χ0) is 23.5. The van der Waals surface area contributed by atoms with Crippen LogP contribution in [0.15, 0.2) is 53.4 Å². The number of anilines is 1. The van der Waals surface area contributed by atoms with E-state index in [0.29, 0.717) is 30.1 Å². The zero-order valence-electron chi connectivity index (χ0n) is 19.0. The summed E-state index contributed by atoms with van der Waals surface area (Å²) >= 11 is 0. The number of nitrogens with one attached hydrogen (secondary N) is 2. The Balaban J connectivity index is 1.77. The van der Waals surface area contributed by atoms with Crippen molar-refractivity contribution in [2.24, 2.45) is 0 Å². The maximum atomic E-state index is 13.1. The van der Waals surface area contributed by atoms with Crippen molar-refractivity contribution in [3.8, 4) is 0 Å². The molecule has 1 atom stereocenters. The van der Waals surface area contributed by atoms with Gasteiger partial charge in [0, 0.05) is 23.8 Å². The lowest BCUT2D eigenvalue weighted by molar-refractivity contribution is -0.125. The van der Waals surface area contributed by atoms with Crippen LogP contribution in [0.25, 0.3) is 0 Å². The SMILES string of the molecule is CC(C)NC(=O)C1CCCN1C(=O)c1cccc(NS(=O)(=O)c2ccc(C(C)C)cc2)c1. The molecule has 172 valence electrons. The molecule has 8 heteroatoms. The third kappa shape index (κ3) is 5.48. The highest BCUT2D eigenvalue weighted by atomic mass is 32.2. The van der Waals surface area contributed by atoms with Gasteiger partial charge in [0.15, 0.2) is 0 Å². The van der Waals surface area contributed by atoms with Crippen LogP contribution in [0, 0.1) is 0 Å². The van der Waals surface area contributed by atoms with Gasteiger partial charge >= 0.3 is 0 Å². The van der Waals surface area contributed by atoms with E-state index < -0.39 is 16.1 Å². The molecule has 1 aliphatic rings. The fourth-order valence-corrected chi connectivity index (χ4v) is 4.84. The second-order valence-electron chi connectivity index (χ2n) is 8.73. The summed E-state index contributed by atoms with van der Waals surface area (Å²) in [5.41, 5.74) is 1.69. The van der Waals surface area contributed by atoms with Gasteiger partial charge in [-0.15, -0.1) is 0 Å². The van der Waals surface area contributed by atoms with Gasteiger partial charge in [0.25, 0.3) is 15.9 Å². The van der Waals surface area contributed by atoms with Gasteiger partial charge in [-0.05, 0) is 68.5 Å². The summed E-state index contributed by atoms with van der Waals surface area (Å²) in [4.78, 5) is 27.3. The molecule has 1 fully saturated rings. The average Bonchev–Trinajstić information content (AvgIpc) is 3.23. The summed E-state index contributed by atoms with van der Waals surface area (Å²) in [6.45, 7) is 8.34. The van der Waals surface area contributed by atoms with E-state index in [0.717, 1.165) is 12.0 Å². The number of carbonyl (C=O) groups excluding carboxylic acids is 2. The Hall–Kier alpha value is -2.87. The van der Waals surface area contributed by atoms with Crippen molar-refractivity contribution in [3.63, 3.8) is 0 Å². The van der Waals surface area contributed by atoms with Gasteiger partial charge in [-0.3, -0.25) is 14.3 Å². The Morgan fingerprint density at radius 3 is 2.34 bits per heavy atom. The number of hydrogen-bond acceptors (Lipinski definition) is 4. The van der Waals surface area contributed by atoms with Gasteiger partial charge in [0.2, 0.25) is 5.91 Å². The number of likely N-dealkylation sites (tertiary alicyclic amines) is 1. The number of carbonyl (C=O) groups is 2.